The van der Waals surface area contributed by atoms with Crippen molar-refractivity contribution >= 4 is 27.5 Å². The highest BCUT2D eigenvalue weighted by Crippen LogP contribution is 2.22. The van der Waals surface area contributed by atoms with Gasteiger partial charge in [-0.05, 0) is 61.0 Å². The van der Waals surface area contributed by atoms with Crippen molar-refractivity contribution in [3.8, 4) is 0 Å². The molecule has 0 amide bonds. The van der Waals surface area contributed by atoms with Crippen LogP contribution in [0.1, 0.15) is 26.2 Å². The maximum absolute atomic E-state index is 12.3. The molecule has 4 nitrogen and oxygen atoms in total. The van der Waals surface area contributed by atoms with Gasteiger partial charge in [0.05, 0.1) is 4.90 Å². The Labute approximate surface area is 132 Å². The Morgan fingerprint density at radius 3 is 2.48 bits per heavy atom. The molecular formula is C15H24N2O2S2. The number of hydrogen-bond acceptors (Lipinski definition) is 4. The van der Waals surface area contributed by atoms with Crippen molar-refractivity contribution in [2.24, 2.45) is 5.92 Å². The van der Waals surface area contributed by atoms with E-state index in [0.29, 0.717) is 17.4 Å². The topological polar surface area (TPSA) is 58.2 Å². The summed E-state index contributed by atoms with van der Waals surface area (Å²) in [6.07, 6.45) is 3.25. The summed E-state index contributed by atoms with van der Waals surface area (Å²) in [7, 11) is -3.38. The second kappa shape index (κ2) is 8.06. The standard InChI is InChI=1S/C15H24N2O2S2/c1-2-9-16-14-3-5-15(6-4-14)21(18,19)17-12-13-7-10-20-11-8-13/h3-6,13,16-17H,2,7-12H2,1H3. The molecule has 0 aliphatic carbocycles. The molecule has 118 valence electrons. The van der Waals surface area contributed by atoms with E-state index in [9.17, 15) is 8.42 Å². The summed E-state index contributed by atoms with van der Waals surface area (Å²) in [6, 6.07) is 6.97. The molecule has 0 bridgehead atoms. The van der Waals surface area contributed by atoms with Crippen molar-refractivity contribution in [2.45, 2.75) is 31.1 Å². The quantitative estimate of drug-likeness (QED) is 0.808. The van der Waals surface area contributed by atoms with Crippen LogP contribution in [0.4, 0.5) is 5.69 Å². The summed E-state index contributed by atoms with van der Waals surface area (Å²) in [5, 5.41) is 3.24. The van der Waals surface area contributed by atoms with Crippen LogP contribution >= 0.6 is 11.8 Å². The van der Waals surface area contributed by atoms with E-state index >= 15 is 0 Å². The van der Waals surface area contributed by atoms with Crippen molar-refractivity contribution in [1.82, 2.24) is 4.72 Å². The lowest BCUT2D eigenvalue weighted by Gasteiger charge is -2.21. The zero-order valence-electron chi connectivity index (χ0n) is 12.5. The lowest BCUT2D eigenvalue weighted by molar-refractivity contribution is 0.476. The van der Waals surface area contributed by atoms with Gasteiger partial charge in [0, 0.05) is 18.8 Å². The third kappa shape index (κ3) is 5.20. The third-order valence-corrected chi connectivity index (χ3v) is 6.13. The molecule has 1 aliphatic heterocycles. The molecule has 6 heteroatoms. The van der Waals surface area contributed by atoms with E-state index in [4.69, 9.17) is 0 Å². The van der Waals surface area contributed by atoms with Gasteiger partial charge in [0.1, 0.15) is 0 Å². The van der Waals surface area contributed by atoms with Crippen molar-refractivity contribution < 1.29 is 8.42 Å². The van der Waals surface area contributed by atoms with Gasteiger partial charge < -0.3 is 5.32 Å². The molecule has 1 saturated heterocycles. The van der Waals surface area contributed by atoms with Crippen molar-refractivity contribution in [3.63, 3.8) is 0 Å². The van der Waals surface area contributed by atoms with Crippen LogP contribution in [0.2, 0.25) is 0 Å². The Hall–Kier alpha value is -0.720. The third-order valence-electron chi connectivity index (χ3n) is 3.65. The average molecular weight is 329 g/mol. The second-order valence-electron chi connectivity index (χ2n) is 5.36. The Kier molecular flexibility index (Phi) is 6.39. The van der Waals surface area contributed by atoms with E-state index in [0.717, 1.165) is 43.0 Å². The lowest BCUT2D eigenvalue weighted by Crippen LogP contribution is -2.31. The minimum Gasteiger partial charge on any atom is -0.385 e. The number of sulfonamides is 1. The molecule has 0 radical (unpaired) electrons. The highest BCUT2D eigenvalue weighted by atomic mass is 32.2. The van der Waals surface area contributed by atoms with Crippen LogP contribution in [0.25, 0.3) is 0 Å². The highest BCUT2D eigenvalue weighted by Gasteiger charge is 2.18. The van der Waals surface area contributed by atoms with Gasteiger partial charge >= 0.3 is 0 Å². The zero-order chi connectivity index (χ0) is 15.1. The minimum absolute atomic E-state index is 0.342. The van der Waals surface area contributed by atoms with Crippen LogP contribution in [0.15, 0.2) is 29.2 Å². The summed E-state index contributed by atoms with van der Waals surface area (Å²) < 4.78 is 27.3. The first-order valence-corrected chi connectivity index (χ1v) is 10.2. The molecule has 0 spiro atoms. The smallest absolute Gasteiger partial charge is 0.240 e. The maximum atomic E-state index is 12.3. The van der Waals surface area contributed by atoms with Gasteiger partial charge in [0.25, 0.3) is 0 Å². The molecule has 1 aliphatic rings. The van der Waals surface area contributed by atoms with E-state index in [1.54, 1.807) is 12.1 Å². The van der Waals surface area contributed by atoms with Gasteiger partial charge in [-0.15, -0.1) is 0 Å². The van der Waals surface area contributed by atoms with Crippen molar-refractivity contribution in [3.05, 3.63) is 24.3 Å². The number of nitrogens with one attached hydrogen (secondary N) is 2. The molecule has 0 unspecified atom stereocenters. The molecule has 0 saturated carbocycles. The first kappa shape index (κ1) is 16.6. The maximum Gasteiger partial charge on any atom is 0.240 e. The largest absolute Gasteiger partial charge is 0.385 e. The SMILES string of the molecule is CCCNc1ccc(S(=O)(=O)NCC2CCSCC2)cc1. The van der Waals surface area contributed by atoms with Crippen LogP contribution < -0.4 is 10.0 Å². The van der Waals surface area contributed by atoms with Crippen molar-refractivity contribution in [1.29, 1.82) is 0 Å². The number of hydrogen-bond donors (Lipinski definition) is 2. The monoisotopic (exact) mass is 328 g/mol. The van der Waals surface area contributed by atoms with Crippen LogP contribution in [0, 0.1) is 5.92 Å². The Morgan fingerprint density at radius 2 is 1.86 bits per heavy atom. The second-order valence-corrected chi connectivity index (χ2v) is 8.35. The highest BCUT2D eigenvalue weighted by molar-refractivity contribution is 7.99. The van der Waals surface area contributed by atoms with E-state index in [-0.39, 0.29) is 0 Å². The Morgan fingerprint density at radius 1 is 1.19 bits per heavy atom. The van der Waals surface area contributed by atoms with E-state index in [2.05, 4.69) is 17.0 Å². The summed E-state index contributed by atoms with van der Waals surface area (Å²) >= 11 is 1.95. The predicted molar refractivity (Wildman–Crippen MR) is 90.5 cm³/mol. The number of anilines is 1. The van der Waals surface area contributed by atoms with Gasteiger partial charge in [-0.25, -0.2) is 13.1 Å². The normalized spacial score (nSPS) is 16.8. The molecule has 2 N–H and O–H groups in total. The lowest BCUT2D eigenvalue weighted by atomic mass is 10.0. The average Bonchev–Trinajstić information content (AvgIpc) is 2.52. The number of thioether (sulfide) groups is 1. The van der Waals surface area contributed by atoms with Crippen LogP contribution in [-0.2, 0) is 10.0 Å². The van der Waals surface area contributed by atoms with Crippen molar-refractivity contribution in [2.75, 3.05) is 29.9 Å². The zero-order valence-corrected chi connectivity index (χ0v) is 14.1. The van der Waals surface area contributed by atoms with Crippen LogP contribution in [0.5, 0.6) is 0 Å². The molecule has 0 atom stereocenters. The molecule has 21 heavy (non-hydrogen) atoms. The summed E-state index contributed by atoms with van der Waals surface area (Å²) in [5.41, 5.74) is 0.958. The number of benzene rings is 1. The van der Waals surface area contributed by atoms with E-state index in [1.807, 2.05) is 23.9 Å². The van der Waals surface area contributed by atoms with Gasteiger partial charge in [-0.3, -0.25) is 0 Å². The Bertz CT molecular complexity index is 523. The van der Waals surface area contributed by atoms with Gasteiger partial charge in [-0.2, -0.15) is 11.8 Å². The van der Waals surface area contributed by atoms with Gasteiger partial charge in [0.15, 0.2) is 0 Å². The fourth-order valence-electron chi connectivity index (χ4n) is 2.28. The van der Waals surface area contributed by atoms with Gasteiger partial charge in [-0.1, -0.05) is 6.92 Å². The van der Waals surface area contributed by atoms with Crippen LogP contribution in [-0.4, -0.2) is 33.0 Å². The molecule has 1 aromatic carbocycles. The van der Waals surface area contributed by atoms with E-state index < -0.39 is 10.0 Å². The van der Waals surface area contributed by atoms with Gasteiger partial charge in [0.2, 0.25) is 10.0 Å². The predicted octanol–water partition coefficient (Wildman–Crippen LogP) is 2.93. The molecule has 1 fully saturated rings. The summed E-state index contributed by atoms with van der Waals surface area (Å²) in [6.45, 7) is 3.54. The Balaban J connectivity index is 1.91. The molecular weight excluding hydrogens is 304 g/mol. The fourth-order valence-corrected chi connectivity index (χ4v) is 4.60. The molecule has 0 aromatic heterocycles. The first-order chi connectivity index (χ1) is 10.1. The molecule has 1 heterocycles. The summed E-state index contributed by atoms with van der Waals surface area (Å²) in [4.78, 5) is 0.342. The molecule has 1 aromatic rings. The molecule has 2 rings (SSSR count). The first-order valence-electron chi connectivity index (χ1n) is 7.53. The fraction of sp³-hybridized carbons (Fsp3) is 0.600. The minimum atomic E-state index is -3.38. The van der Waals surface area contributed by atoms with Crippen LogP contribution in [0.3, 0.4) is 0 Å². The van der Waals surface area contributed by atoms with E-state index in [1.165, 1.54) is 0 Å². The summed E-state index contributed by atoms with van der Waals surface area (Å²) in [5.74, 6) is 2.76. The number of rotatable bonds is 7.